The molecule has 1 amide bonds. The Kier molecular flexibility index (Phi) is 7.41. The molecule has 1 aromatic carbocycles. The number of nitrogens with one attached hydrogen (secondary N) is 1. The first-order valence-electron chi connectivity index (χ1n) is 6.94. The van der Waals surface area contributed by atoms with Crippen LogP contribution in [0.3, 0.4) is 0 Å². The SMILES string of the molecule is CCC(CCN)CCC(=O)Nc1cc(OC)ccc1Cl. The van der Waals surface area contributed by atoms with Crippen LogP contribution in [0.1, 0.15) is 32.6 Å². The number of carbonyl (C=O) groups is 1. The van der Waals surface area contributed by atoms with Gasteiger partial charge in [-0.2, -0.15) is 0 Å². The minimum atomic E-state index is -0.0318. The Balaban J connectivity index is 2.53. The Labute approximate surface area is 125 Å². The molecule has 0 fully saturated rings. The third kappa shape index (κ3) is 5.39. The van der Waals surface area contributed by atoms with Crippen LogP contribution in [0.4, 0.5) is 5.69 Å². The molecule has 0 aliphatic carbocycles. The van der Waals surface area contributed by atoms with Gasteiger partial charge in [-0.15, -0.1) is 0 Å². The van der Waals surface area contributed by atoms with Gasteiger partial charge in [0.2, 0.25) is 5.91 Å². The molecule has 0 aliphatic rings. The first-order valence-corrected chi connectivity index (χ1v) is 7.32. The Bertz CT molecular complexity index is 438. The molecule has 0 saturated heterocycles. The summed E-state index contributed by atoms with van der Waals surface area (Å²) in [5.74, 6) is 1.14. The number of methoxy groups -OCH3 is 1. The lowest BCUT2D eigenvalue weighted by Crippen LogP contribution is -2.15. The molecule has 112 valence electrons. The highest BCUT2D eigenvalue weighted by molar-refractivity contribution is 6.33. The van der Waals surface area contributed by atoms with Gasteiger partial charge in [-0.25, -0.2) is 0 Å². The summed E-state index contributed by atoms with van der Waals surface area (Å²) in [5, 5.41) is 3.33. The summed E-state index contributed by atoms with van der Waals surface area (Å²) < 4.78 is 5.12. The van der Waals surface area contributed by atoms with E-state index in [0.29, 0.717) is 35.3 Å². The number of halogens is 1. The van der Waals surface area contributed by atoms with Crippen molar-refractivity contribution >= 4 is 23.2 Å². The van der Waals surface area contributed by atoms with Gasteiger partial charge in [0, 0.05) is 12.5 Å². The topological polar surface area (TPSA) is 64.4 Å². The van der Waals surface area contributed by atoms with Crippen molar-refractivity contribution in [1.82, 2.24) is 0 Å². The summed E-state index contributed by atoms with van der Waals surface area (Å²) in [5.41, 5.74) is 6.14. The molecule has 1 atom stereocenters. The molecule has 0 bridgehead atoms. The maximum atomic E-state index is 11.9. The van der Waals surface area contributed by atoms with E-state index < -0.39 is 0 Å². The van der Waals surface area contributed by atoms with Crippen LogP contribution in [0.15, 0.2) is 18.2 Å². The number of anilines is 1. The van der Waals surface area contributed by atoms with Crippen molar-refractivity contribution in [2.45, 2.75) is 32.6 Å². The number of rotatable bonds is 8. The largest absolute Gasteiger partial charge is 0.497 e. The summed E-state index contributed by atoms with van der Waals surface area (Å²) in [7, 11) is 1.58. The molecule has 0 heterocycles. The van der Waals surface area contributed by atoms with Crippen LogP contribution in [0.2, 0.25) is 5.02 Å². The third-order valence-corrected chi connectivity index (χ3v) is 3.71. The molecule has 0 spiro atoms. The van der Waals surface area contributed by atoms with Crippen molar-refractivity contribution in [3.05, 3.63) is 23.2 Å². The quantitative estimate of drug-likeness (QED) is 0.772. The van der Waals surface area contributed by atoms with Crippen LogP contribution in [0.5, 0.6) is 5.75 Å². The zero-order valence-corrected chi connectivity index (χ0v) is 12.9. The van der Waals surface area contributed by atoms with E-state index in [4.69, 9.17) is 22.1 Å². The van der Waals surface area contributed by atoms with Gasteiger partial charge in [-0.3, -0.25) is 4.79 Å². The van der Waals surface area contributed by atoms with Gasteiger partial charge >= 0.3 is 0 Å². The fraction of sp³-hybridized carbons (Fsp3) is 0.533. The van der Waals surface area contributed by atoms with Crippen LogP contribution < -0.4 is 15.8 Å². The summed E-state index contributed by atoms with van der Waals surface area (Å²) in [6.07, 6.45) is 3.33. The van der Waals surface area contributed by atoms with E-state index in [2.05, 4.69) is 12.2 Å². The lowest BCUT2D eigenvalue weighted by molar-refractivity contribution is -0.116. The molecular formula is C15H23ClN2O2. The van der Waals surface area contributed by atoms with E-state index in [0.717, 1.165) is 19.3 Å². The second-order valence-electron chi connectivity index (χ2n) is 4.78. The lowest BCUT2D eigenvalue weighted by Gasteiger charge is -2.14. The van der Waals surface area contributed by atoms with E-state index >= 15 is 0 Å². The van der Waals surface area contributed by atoms with Crippen molar-refractivity contribution in [2.75, 3.05) is 19.0 Å². The fourth-order valence-corrected chi connectivity index (χ4v) is 2.23. The van der Waals surface area contributed by atoms with Crippen molar-refractivity contribution in [1.29, 1.82) is 0 Å². The minimum absolute atomic E-state index is 0.0318. The Hall–Kier alpha value is -1.26. The zero-order valence-electron chi connectivity index (χ0n) is 12.1. The lowest BCUT2D eigenvalue weighted by atomic mass is 9.96. The molecule has 1 aromatic rings. The molecule has 0 radical (unpaired) electrons. The van der Waals surface area contributed by atoms with Gasteiger partial charge in [-0.1, -0.05) is 24.9 Å². The smallest absolute Gasteiger partial charge is 0.224 e. The van der Waals surface area contributed by atoms with E-state index in [1.807, 2.05) is 0 Å². The van der Waals surface area contributed by atoms with Gasteiger partial charge in [0.1, 0.15) is 5.75 Å². The number of hydrogen-bond acceptors (Lipinski definition) is 3. The Morgan fingerprint density at radius 2 is 2.20 bits per heavy atom. The van der Waals surface area contributed by atoms with Crippen molar-refractivity contribution in [2.24, 2.45) is 11.7 Å². The Morgan fingerprint density at radius 3 is 2.80 bits per heavy atom. The highest BCUT2D eigenvalue weighted by Gasteiger charge is 2.11. The molecular weight excluding hydrogens is 276 g/mol. The summed E-state index contributed by atoms with van der Waals surface area (Å²) in [6.45, 7) is 2.79. The maximum Gasteiger partial charge on any atom is 0.224 e. The highest BCUT2D eigenvalue weighted by atomic mass is 35.5. The number of benzene rings is 1. The molecule has 1 rings (SSSR count). The first kappa shape index (κ1) is 16.8. The molecule has 3 N–H and O–H groups in total. The summed E-state index contributed by atoms with van der Waals surface area (Å²) in [6, 6.07) is 5.18. The summed E-state index contributed by atoms with van der Waals surface area (Å²) >= 11 is 6.05. The number of ether oxygens (including phenoxy) is 1. The first-order chi connectivity index (χ1) is 9.60. The Morgan fingerprint density at radius 1 is 1.45 bits per heavy atom. The second-order valence-corrected chi connectivity index (χ2v) is 5.19. The zero-order chi connectivity index (χ0) is 15.0. The average molecular weight is 299 g/mol. The number of hydrogen-bond donors (Lipinski definition) is 2. The standard InChI is InChI=1S/C15H23ClN2O2/c1-3-11(8-9-17)4-7-15(19)18-14-10-12(20-2)5-6-13(14)16/h5-6,10-11H,3-4,7-9,17H2,1-2H3,(H,18,19). The summed E-state index contributed by atoms with van der Waals surface area (Å²) in [4.78, 5) is 11.9. The van der Waals surface area contributed by atoms with Crippen LogP contribution in [-0.2, 0) is 4.79 Å². The van der Waals surface area contributed by atoms with Crippen LogP contribution >= 0.6 is 11.6 Å². The van der Waals surface area contributed by atoms with Gasteiger partial charge < -0.3 is 15.8 Å². The molecule has 0 aromatic heterocycles. The van der Waals surface area contributed by atoms with Crippen LogP contribution in [-0.4, -0.2) is 19.6 Å². The van der Waals surface area contributed by atoms with E-state index in [1.165, 1.54) is 0 Å². The number of carbonyl (C=O) groups excluding carboxylic acids is 1. The molecule has 5 heteroatoms. The molecule has 1 unspecified atom stereocenters. The van der Waals surface area contributed by atoms with Gasteiger partial charge in [-0.05, 0) is 37.4 Å². The average Bonchev–Trinajstić information content (AvgIpc) is 2.45. The monoisotopic (exact) mass is 298 g/mol. The fourth-order valence-electron chi connectivity index (χ4n) is 2.06. The third-order valence-electron chi connectivity index (χ3n) is 3.38. The number of nitrogens with two attached hydrogens (primary N) is 1. The highest BCUT2D eigenvalue weighted by Crippen LogP contribution is 2.27. The van der Waals surface area contributed by atoms with Gasteiger partial charge in [0.05, 0.1) is 17.8 Å². The van der Waals surface area contributed by atoms with Crippen molar-refractivity contribution < 1.29 is 9.53 Å². The van der Waals surface area contributed by atoms with Gasteiger partial charge in [0.25, 0.3) is 0 Å². The maximum absolute atomic E-state index is 11.9. The predicted octanol–water partition coefficient (Wildman–Crippen LogP) is 3.44. The van der Waals surface area contributed by atoms with Crippen LogP contribution in [0.25, 0.3) is 0 Å². The molecule has 4 nitrogen and oxygen atoms in total. The predicted molar refractivity (Wildman–Crippen MR) is 83.3 cm³/mol. The number of amides is 1. The second kappa shape index (κ2) is 8.82. The molecule has 0 saturated carbocycles. The minimum Gasteiger partial charge on any atom is -0.497 e. The molecule has 0 aliphatic heterocycles. The normalized spacial score (nSPS) is 12.0. The molecule has 20 heavy (non-hydrogen) atoms. The van der Waals surface area contributed by atoms with Crippen LogP contribution in [0, 0.1) is 5.92 Å². The van der Waals surface area contributed by atoms with E-state index in [1.54, 1.807) is 25.3 Å². The van der Waals surface area contributed by atoms with Crippen molar-refractivity contribution in [3.8, 4) is 5.75 Å². The van der Waals surface area contributed by atoms with Crippen molar-refractivity contribution in [3.63, 3.8) is 0 Å². The van der Waals surface area contributed by atoms with E-state index in [-0.39, 0.29) is 5.91 Å². The van der Waals surface area contributed by atoms with E-state index in [9.17, 15) is 4.79 Å². The van der Waals surface area contributed by atoms with Gasteiger partial charge in [0.15, 0.2) is 0 Å².